The standard InChI is InChI=1S/C19H25F4N3.HI/c1-24-17(26-14-6-4-5-13(11-14)19(21,22)23)25-12-18(9-10-18)15-7-2-3-8-16(15)20;/h2-3,7-8,13-14H,4-6,9-12H2,1H3,(H2,24,25,26);1H. The number of benzene rings is 1. The number of aliphatic imine (C=N–C) groups is 1. The fourth-order valence-corrected chi connectivity index (χ4v) is 3.84. The minimum Gasteiger partial charge on any atom is -0.356 e. The number of guanidine groups is 1. The van der Waals surface area contributed by atoms with Gasteiger partial charge in [0.1, 0.15) is 5.82 Å². The quantitative estimate of drug-likeness (QED) is 0.271. The van der Waals surface area contributed by atoms with Gasteiger partial charge in [0.2, 0.25) is 0 Å². The summed E-state index contributed by atoms with van der Waals surface area (Å²) >= 11 is 0. The molecular weight excluding hydrogens is 473 g/mol. The molecule has 8 heteroatoms. The third kappa shape index (κ3) is 5.48. The summed E-state index contributed by atoms with van der Waals surface area (Å²) in [7, 11) is 1.60. The Balaban J connectivity index is 0.00000261. The van der Waals surface area contributed by atoms with Crippen LogP contribution in [0.15, 0.2) is 29.3 Å². The van der Waals surface area contributed by atoms with Gasteiger partial charge in [0, 0.05) is 25.0 Å². The normalized spacial score (nSPS) is 24.7. The summed E-state index contributed by atoms with van der Waals surface area (Å²) in [6, 6.07) is 6.51. The molecule has 0 aliphatic heterocycles. The van der Waals surface area contributed by atoms with Crippen LogP contribution in [0.25, 0.3) is 0 Å². The van der Waals surface area contributed by atoms with Crippen molar-refractivity contribution in [1.82, 2.24) is 10.6 Å². The molecule has 2 aliphatic rings. The molecule has 2 unspecified atom stereocenters. The molecule has 0 aromatic heterocycles. The minimum absolute atomic E-state index is 0. The largest absolute Gasteiger partial charge is 0.391 e. The van der Waals surface area contributed by atoms with E-state index in [4.69, 9.17) is 0 Å². The van der Waals surface area contributed by atoms with Crippen molar-refractivity contribution >= 4 is 29.9 Å². The zero-order valence-corrected chi connectivity index (χ0v) is 17.6. The molecule has 2 N–H and O–H groups in total. The van der Waals surface area contributed by atoms with Crippen LogP contribution in [0.3, 0.4) is 0 Å². The molecule has 0 heterocycles. The fraction of sp³-hybridized carbons (Fsp3) is 0.632. The summed E-state index contributed by atoms with van der Waals surface area (Å²) in [6.45, 7) is 0.517. The lowest BCUT2D eigenvalue weighted by molar-refractivity contribution is -0.183. The summed E-state index contributed by atoms with van der Waals surface area (Å²) in [5.41, 5.74) is 0.446. The van der Waals surface area contributed by atoms with Crippen molar-refractivity contribution in [2.24, 2.45) is 10.9 Å². The summed E-state index contributed by atoms with van der Waals surface area (Å²) in [5, 5.41) is 6.31. The number of nitrogens with zero attached hydrogens (tertiary/aromatic N) is 1. The lowest BCUT2D eigenvalue weighted by Gasteiger charge is -2.32. The zero-order chi connectivity index (χ0) is 18.8. The molecule has 0 amide bonds. The van der Waals surface area contributed by atoms with Gasteiger partial charge in [0.25, 0.3) is 0 Å². The van der Waals surface area contributed by atoms with Gasteiger partial charge in [-0.25, -0.2) is 4.39 Å². The van der Waals surface area contributed by atoms with Gasteiger partial charge < -0.3 is 10.6 Å². The first-order valence-electron chi connectivity index (χ1n) is 9.13. The zero-order valence-electron chi connectivity index (χ0n) is 15.3. The molecular formula is C19H26F4IN3. The van der Waals surface area contributed by atoms with Crippen LogP contribution in [0.4, 0.5) is 17.6 Å². The molecule has 0 radical (unpaired) electrons. The lowest BCUT2D eigenvalue weighted by atomic mass is 9.85. The van der Waals surface area contributed by atoms with Crippen LogP contribution in [-0.2, 0) is 5.41 Å². The Morgan fingerprint density at radius 2 is 1.93 bits per heavy atom. The Morgan fingerprint density at radius 1 is 1.22 bits per heavy atom. The number of halogens is 5. The highest BCUT2D eigenvalue weighted by Crippen LogP contribution is 2.48. The smallest absolute Gasteiger partial charge is 0.356 e. The Kier molecular flexibility index (Phi) is 7.38. The van der Waals surface area contributed by atoms with Gasteiger partial charge in [0.05, 0.1) is 5.92 Å². The topological polar surface area (TPSA) is 36.4 Å². The third-order valence-electron chi connectivity index (χ3n) is 5.59. The van der Waals surface area contributed by atoms with E-state index in [-0.39, 0.29) is 54.1 Å². The number of hydrogen-bond donors (Lipinski definition) is 2. The summed E-state index contributed by atoms with van der Waals surface area (Å²) in [4.78, 5) is 4.14. The molecule has 0 bridgehead atoms. The van der Waals surface area contributed by atoms with E-state index >= 15 is 0 Å². The van der Waals surface area contributed by atoms with Gasteiger partial charge in [-0.15, -0.1) is 24.0 Å². The summed E-state index contributed by atoms with van der Waals surface area (Å²) in [5.74, 6) is -0.976. The van der Waals surface area contributed by atoms with Crippen molar-refractivity contribution < 1.29 is 17.6 Å². The van der Waals surface area contributed by atoms with Crippen LogP contribution >= 0.6 is 24.0 Å². The predicted octanol–water partition coefficient (Wildman–Crippen LogP) is 4.76. The minimum atomic E-state index is -4.14. The highest BCUT2D eigenvalue weighted by molar-refractivity contribution is 14.0. The van der Waals surface area contributed by atoms with Gasteiger partial charge in [-0.1, -0.05) is 24.6 Å². The van der Waals surface area contributed by atoms with Crippen molar-refractivity contribution in [2.45, 2.75) is 56.2 Å². The summed E-state index contributed by atoms with van der Waals surface area (Å²) in [6.07, 6.45) is -0.842. The van der Waals surface area contributed by atoms with Crippen molar-refractivity contribution in [3.8, 4) is 0 Å². The molecule has 2 atom stereocenters. The SMILES string of the molecule is CN=C(NCC1(c2ccccc2F)CC1)NC1CCCC(C(F)(F)F)C1.I. The fourth-order valence-electron chi connectivity index (χ4n) is 3.84. The van der Waals surface area contributed by atoms with Crippen LogP contribution < -0.4 is 10.6 Å². The molecule has 1 aromatic rings. The van der Waals surface area contributed by atoms with Gasteiger partial charge in [-0.2, -0.15) is 13.2 Å². The van der Waals surface area contributed by atoms with Gasteiger partial charge in [-0.3, -0.25) is 4.99 Å². The van der Waals surface area contributed by atoms with Gasteiger partial charge in [0.15, 0.2) is 5.96 Å². The first kappa shape index (κ1) is 22.2. The number of alkyl halides is 3. The lowest BCUT2D eigenvalue weighted by Crippen LogP contribution is -2.48. The van der Waals surface area contributed by atoms with Crippen LogP contribution in [0.2, 0.25) is 0 Å². The first-order valence-corrected chi connectivity index (χ1v) is 9.13. The van der Waals surface area contributed by atoms with E-state index < -0.39 is 12.1 Å². The average molecular weight is 499 g/mol. The van der Waals surface area contributed by atoms with E-state index in [0.29, 0.717) is 30.9 Å². The Hall–Kier alpha value is -1.06. The van der Waals surface area contributed by atoms with E-state index in [1.54, 1.807) is 19.2 Å². The van der Waals surface area contributed by atoms with Gasteiger partial charge >= 0.3 is 6.18 Å². The Bertz CT molecular complexity index is 659. The molecule has 0 saturated heterocycles. The second-order valence-electron chi connectivity index (χ2n) is 7.43. The monoisotopic (exact) mass is 499 g/mol. The molecule has 2 aliphatic carbocycles. The highest BCUT2D eigenvalue weighted by atomic mass is 127. The van der Waals surface area contributed by atoms with Crippen molar-refractivity contribution in [3.63, 3.8) is 0 Å². The van der Waals surface area contributed by atoms with E-state index in [1.807, 2.05) is 6.07 Å². The second-order valence-corrected chi connectivity index (χ2v) is 7.43. The van der Waals surface area contributed by atoms with E-state index in [0.717, 1.165) is 12.8 Å². The molecule has 2 saturated carbocycles. The third-order valence-corrected chi connectivity index (χ3v) is 5.59. The highest BCUT2D eigenvalue weighted by Gasteiger charge is 2.46. The first-order chi connectivity index (χ1) is 12.3. The molecule has 3 rings (SSSR count). The molecule has 0 spiro atoms. The molecule has 27 heavy (non-hydrogen) atoms. The van der Waals surface area contributed by atoms with Crippen LogP contribution in [0.5, 0.6) is 0 Å². The van der Waals surface area contributed by atoms with E-state index in [9.17, 15) is 17.6 Å². The number of hydrogen-bond acceptors (Lipinski definition) is 1. The molecule has 1 aromatic carbocycles. The molecule has 3 nitrogen and oxygen atoms in total. The maximum atomic E-state index is 14.1. The van der Waals surface area contributed by atoms with Crippen LogP contribution in [0.1, 0.15) is 44.1 Å². The van der Waals surface area contributed by atoms with Gasteiger partial charge in [-0.05, 0) is 43.7 Å². The maximum Gasteiger partial charge on any atom is 0.391 e. The maximum absolute atomic E-state index is 14.1. The Morgan fingerprint density at radius 3 is 2.52 bits per heavy atom. The summed E-state index contributed by atoms with van der Waals surface area (Å²) < 4.78 is 53.0. The van der Waals surface area contributed by atoms with Crippen molar-refractivity contribution in [2.75, 3.05) is 13.6 Å². The number of nitrogens with one attached hydrogen (secondary N) is 2. The van der Waals surface area contributed by atoms with Crippen LogP contribution in [0, 0.1) is 11.7 Å². The second kappa shape index (κ2) is 8.96. The predicted molar refractivity (Wildman–Crippen MR) is 109 cm³/mol. The Labute approximate surface area is 174 Å². The van der Waals surface area contributed by atoms with E-state index in [2.05, 4.69) is 15.6 Å². The number of rotatable bonds is 4. The van der Waals surface area contributed by atoms with Crippen LogP contribution in [-0.4, -0.2) is 31.8 Å². The van der Waals surface area contributed by atoms with Crippen molar-refractivity contribution in [1.29, 1.82) is 0 Å². The van der Waals surface area contributed by atoms with Crippen molar-refractivity contribution in [3.05, 3.63) is 35.6 Å². The molecule has 2 fully saturated rings. The molecule has 152 valence electrons. The average Bonchev–Trinajstić information content (AvgIpc) is 3.39. The van der Waals surface area contributed by atoms with E-state index in [1.165, 1.54) is 6.07 Å².